The highest BCUT2D eigenvalue weighted by molar-refractivity contribution is 6.90. The second-order valence-electron chi connectivity index (χ2n) is 8.59. The van der Waals surface area contributed by atoms with Crippen LogP contribution < -0.4 is 5.32 Å². The van der Waals surface area contributed by atoms with Crippen LogP contribution in [-0.4, -0.2) is 13.0 Å². The van der Waals surface area contributed by atoms with Crippen molar-refractivity contribution in [3.05, 3.63) is 18.3 Å². The molecule has 1 aromatic heterocycles. The molecule has 19 heavy (non-hydrogen) atoms. The molecule has 1 aromatic rings. The molecular formula is C16H30FNSi. The predicted molar refractivity (Wildman–Crippen MR) is 85.4 cm³/mol. The van der Waals surface area contributed by atoms with E-state index in [0.29, 0.717) is 0 Å². The number of aromatic nitrogens is 1. The molecule has 0 bridgehead atoms. The lowest BCUT2D eigenvalue weighted by Crippen LogP contribution is -2.61. The standard InChI is InChI=1S/C16H30FNSi/c1-14(2,3)18-12-10-11-13(18)19(17,15(4,5)6)16(7,8)9/h10-12H,1-9H3. The van der Waals surface area contributed by atoms with E-state index in [-0.39, 0.29) is 15.6 Å². The Morgan fingerprint density at radius 2 is 1.32 bits per heavy atom. The topological polar surface area (TPSA) is 4.93 Å². The molecule has 110 valence electrons. The summed E-state index contributed by atoms with van der Waals surface area (Å²) < 4.78 is 18.4. The molecule has 0 aromatic carbocycles. The third kappa shape index (κ3) is 2.67. The number of hydrogen-bond donors (Lipinski definition) is 0. The molecule has 0 aliphatic rings. The summed E-state index contributed by atoms with van der Waals surface area (Å²) in [5.74, 6) is 0. The Bertz CT molecular complexity index is 427. The minimum absolute atomic E-state index is 0.0837. The van der Waals surface area contributed by atoms with Gasteiger partial charge in [0.2, 0.25) is 0 Å². The van der Waals surface area contributed by atoms with E-state index in [1.54, 1.807) is 0 Å². The Balaban J connectivity index is 3.59. The van der Waals surface area contributed by atoms with E-state index in [4.69, 9.17) is 0 Å². The maximum atomic E-state index is 16.3. The monoisotopic (exact) mass is 283 g/mol. The summed E-state index contributed by atoms with van der Waals surface area (Å²) >= 11 is 0. The molecule has 1 rings (SSSR count). The number of rotatable bonds is 1. The van der Waals surface area contributed by atoms with Gasteiger partial charge in [-0.05, 0) is 43.0 Å². The summed E-state index contributed by atoms with van der Waals surface area (Å²) in [5, 5.41) is 0.263. The van der Waals surface area contributed by atoms with Crippen molar-refractivity contribution in [3.63, 3.8) is 0 Å². The first kappa shape index (κ1) is 16.5. The van der Waals surface area contributed by atoms with Gasteiger partial charge in [0.1, 0.15) is 0 Å². The molecule has 0 spiro atoms. The fourth-order valence-electron chi connectivity index (χ4n) is 3.14. The molecule has 0 fully saturated rings. The highest BCUT2D eigenvalue weighted by Gasteiger charge is 2.58. The van der Waals surface area contributed by atoms with Crippen molar-refractivity contribution < 1.29 is 4.11 Å². The molecule has 1 heterocycles. The fraction of sp³-hybridized carbons (Fsp3) is 0.750. The van der Waals surface area contributed by atoms with E-state index in [1.165, 1.54) is 0 Å². The van der Waals surface area contributed by atoms with Crippen molar-refractivity contribution >= 4 is 13.7 Å². The summed E-state index contributed by atoms with van der Waals surface area (Å²) in [6.45, 7) is 18.7. The van der Waals surface area contributed by atoms with Gasteiger partial charge in [-0.25, -0.2) is 0 Å². The Hall–Kier alpha value is -0.573. The van der Waals surface area contributed by atoms with E-state index in [2.05, 4.69) is 25.3 Å². The van der Waals surface area contributed by atoms with Crippen molar-refractivity contribution in [1.29, 1.82) is 0 Å². The van der Waals surface area contributed by atoms with Gasteiger partial charge in [0.05, 0.1) is 0 Å². The third-order valence-electron chi connectivity index (χ3n) is 3.89. The average Bonchev–Trinajstić information content (AvgIpc) is 2.59. The van der Waals surface area contributed by atoms with Crippen LogP contribution in [0.5, 0.6) is 0 Å². The summed E-state index contributed by atoms with van der Waals surface area (Å²) in [6, 6.07) is 3.98. The van der Waals surface area contributed by atoms with Crippen LogP contribution in [0.2, 0.25) is 10.1 Å². The first-order chi connectivity index (χ1) is 8.23. The zero-order valence-electron chi connectivity index (χ0n) is 14.1. The number of halogens is 1. The van der Waals surface area contributed by atoms with Gasteiger partial charge in [-0.15, -0.1) is 0 Å². The van der Waals surface area contributed by atoms with Gasteiger partial charge in [-0.1, -0.05) is 41.5 Å². The van der Waals surface area contributed by atoms with E-state index >= 15 is 4.11 Å². The van der Waals surface area contributed by atoms with E-state index in [9.17, 15) is 0 Å². The normalized spacial score (nSPS) is 14.8. The van der Waals surface area contributed by atoms with Crippen LogP contribution in [0.3, 0.4) is 0 Å². The van der Waals surface area contributed by atoms with Gasteiger partial charge < -0.3 is 8.67 Å². The first-order valence-corrected chi connectivity index (χ1v) is 8.98. The molecule has 0 atom stereocenters. The van der Waals surface area contributed by atoms with E-state index < -0.39 is 8.41 Å². The highest BCUT2D eigenvalue weighted by Crippen LogP contribution is 2.51. The summed E-state index contributed by atoms with van der Waals surface area (Å²) in [6.07, 6.45) is 2.02. The van der Waals surface area contributed by atoms with E-state index in [1.807, 2.05) is 59.9 Å². The molecule has 0 unspecified atom stereocenters. The van der Waals surface area contributed by atoms with Gasteiger partial charge in [0.15, 0.2) is 0 Å². The van der Waals surface area contributed by atoms with Crippen LogP contribution in [0.4, 0.5) is 4.11 Å². The lowest BCUT2D eigenvalue weighted by Gasteiger charge is -2.46. The zero-order valence-corrected chi connectivity index (χ0v) is 15.1. The minimum Gasteiger partial charge on any atom is -0.347 e. The Labute approximate surface area is 119 Å². The Morgan fingerprint density at radius 1 is 0.895 bits per heavy atom. The Kier molecular flexibility index (Phi) is 3.88. The lowest BCUT2D eigenvalue weighted by atomic mass is 10.1. The highest BCUT2D eigenvalue weighted by atomic mass is 28.4. The maximum Gasteiger partial charge on any atom is 0.304 e. The molecule has 0 saturated carbocycles. The van der Waals surface area contributed by atoms with E-state index in [0.717, 1.165) is 5.32 Å². The quantitative estimate of drug-likeness (QED) is 0.507. The fourth-order valence-corrected chi connectivity index (χ4v) is 7.99. The van der Waals surface area contributed by atoms with Crippen LogP contribution >= 0.6 is 0 Å². The molecule has 1 nitrogen and oxygen atoms in total. The van der Waals surface area contributed by atoms with Gasteiger partial charge in [-0.3, -0.25) is 0 Å². The largest absolute Gasteiger partial charge is 0.347 e. The molecule has 0 amide bonds. The Morgan fingerprint density at radius 3 is 1.63 bits per heavy atom. The average molecular weight is 284 g/mol. The summed E-state index contributed by atoms with van der Waals surface area (Å²) in [4.78, 5) is 0. The van der Waals surface area contributed by atoms with Crippen molar-refractivity contribution in [3.8, 4) is 0 Å². The van der Waals surface area contributed by atoms with Crippen LogP contribution in [0.1, 0.15) is 62.3 Å². The lowest BCUT2D eigenvalue weighted by molar-refractivity contribution is 0.400. The molecule has 3 heteroatoms. The maximum absolute atomic E-state index is 16.3. The van der Waals surface area contributed by atoms with Crippen LogP contribution in [0, 0.1) is 0 Å². The number of hydrogen-bond acceptors (Lipinski definition) is 0. The predicted octanol–water partition coefficient (Wildman–Crippen LogP) is 4.97. The van der Waals surface area contributed by atoms with Crippen molar-refractivity contribution in [2.45, 2.75) is 77.9 Å². The SMILES string of the molecule is CC(C)(C)n1cccc1[Si](F)(C(C)(C)C)C(C)(C)C. The first-order valence-electron chi connectivity index (χ1n) is 7.10. The van der Waals surface area contributed by atoms with Crippen LogP contribution in [0.25, 0.3) is 0 Å². The van der Waals surface area contributed by atoms with Gasteiger partial charge in [0, 0.05) is 17.1 Å². The van der Waals surface area contributed by atoms with Crippen molar-refractivity contribution in [1.82, 2.24) is 4.57 Å². The minimum atomic E-state index is -3.17. The van der Waals surface area contributed by atoms with Crippen molar-refractivity contribution in [2.24, 2.45) is 0 Å². The molecule has 0 radical (unpaired) electrons. The number of nitrogens with zero attached hydrogens (tertiary/aromatic N) is 1. The van der Waals surface area contributed by atoms with Gasteiger partial charge in [-0.2, -0.15) is 0 Å². The summed E-state index contributed by atoms with van der Waals surface area (Å²) in [7, 11) is -3.17. The van der Waals surface area contributed by atoms with Crippen molar-refractivity contribution in [2.75, 3.05) is 0 Å². The smallest absolute Gasteiger partial charge is 0.304 e. The second kappa shape index (κ2) is 4.47. The molecule has 0 saturated heterocycles. The molecule has 0 aliphatic carbocycles. The van der Waals surface area contributed by atoms with Crippen LogP contribution in [-0.2, 0) is 5.54 Å². The van der Waals surface area contributed by atoms with Crippen LogP contribution in [0.15, 0.2) is 18.3 Å². The summed E-state index contributed by atoms with van der Waals surface area (Å²) in [5.41, 5.74) is -0.0837. The molecule has 0 N–H and O–H groups in total. The van der Waals surface area contributed by atoms with Gasteiger partial charge in [0.25, 0.3) is 0 Å². The molecular weight excluding hydrogens is 253 g/mol. The zero-order chi connectivity index (χ0) is 15.3. The molecule has 0 aliphatic heterocycles. The second-order valence-corrected chi connectivity index (χ2v) is 13.4. The third-order valence-corrected chi connectivity index (χ3v) is 9.14. The van der Waals surface area contributed by atoms with Gasteiger partial charge >= 0.3 is 8.41 Å².